The van der Waals surface area contributed by atoms with Gasteiger partial charge >= 0.3 is 0 Å². The molecule has 134 valence electrons. The standard InChI is InChI=1S/C16H22N6O3/c17-10-16(1-5-25-6-2-16)15(24)22-4-3-21(8-12(23)9-22)14-7-13(18)19-11-20-14/h7,11-12,23H,1-6,8-9H2,(H2,18,19,20). The molecule has 2 aliphatic heterocycles. The summed E-state index contributed by atoms with van der Waals surface area (Å²) in [5.74, 6) is 0.741. The molecule has 9 heteroatoms. The molecule has 2 saturated heterocycles. The number of aromatic nitrogens is 2. The number of aliphatic hydroxyl groups excluding tert-OH is 1. The molecular formula is C16H22N6O3. The Labute approximate surface area is 146 Å². The molecule has 3 heterocycles. The first-order valence-electron chi connectivity index (χ1n) is 8.33. The Bertz CT molecular complexity index is 670. The number of hydrogen-bond acceptors (Lipinski definition) is 8. The Balaban J connectivity index is 1.74. The second-order valence-electron chi connectivity index (χ2n) is 6.46. The third kappa shape index (κ3) is 3.65. The van der Waals surface area contributed by atoms with Crippen molar-refractivity contribution in [3.63, 3.8) is 0 Å². The van der Waals surface area contributed by atoms with Crippen molar-refractivity contribution in [3.05, 3.63) is 12.4 Å². The molecule has 2 fully saturated rings. The van der Waals surface area contributed by atoms with Gasteiger partial charge in [0.25, 0.3) is 0 Å². The molecule has 0 radical (unpaired) electrons. The molecule has 25 heavy (non-hydrogen) atoms. The van der Waals surface area contributed by atoms with Gasteiger partial charge in [0.2, 0.25) is 5.91 Å². The lowest BCUT2D eigenvalue weighted by atomic mass is 9.80. The van der Waals surface area contributed by atoms with E-state index in [0.29, 0.717) is 57.3 Å². The van der Waals surface area contributed by atoms with Crippen LogP contribution in [0.3, 0.4) is 0 Å². The number of carbonyl (C=O) groups excluding carboxylic acids is 1. The summed E-state index contributed by atoms with van der Waals surface area (Å²) in [7, 11) is 0. The number of nitriles is 1. The SMILES string of the molecule is N#CC1(C(=O)N2CCN(c3cc(N)ncn3)CC(O)C2)CCOCC1. The maximum absolute atomic E-state index is 13.0. The van der Waals surface area contributed by atoms with E-state index in [4.69, 9.17) is 10.5 Å². The fraction of sp³-hybridized carbons (Fsp3) is 0.625. The number of aliphatic hydroxyl groups is 1. The number of β-amino-alcohol motifs (C(OH)–C–C–N with tert-alkyl or cyclic N) is 1. The number of nitrogens with zero attached hydrogens (tertiary/aromatic N) is 5. The lowest BCUT2D eigenvalue weighted by Crippen LogP contribution is -2.48. The predicted octanol–water partition coefficient (Wildman–Crippen LogP) is -0.611. The van der Waals surface area contributed by atoms with Gasteiger partial charge in [-0.2, -0.15) is 5.26 Å². The lowest BCUT2D eigenvalue weighted by molar-refractivity contribution is -0.144. The van der Waals surface area contributed by atoms with Crippen LogP contribution in [0.4, 0.5) is 11.6 Å². The molecule has 0 aliphatic carbocycles. The average molecular weight is 346 g/mol. The molecule has 3 N–H and O–H groups in total. The Morgan fingerprint density at radius 3 is 2.80 bits per heavy atom. The number of ether oxygens (including phenoxy) is 1. The Hall–Kier alpha value is -2.44. The van der Waals surface area contributed by atoms with Crippen LogP contribution in [0.25, 0.3) is 0 Å². The van der Waals surface area contributed by atoms with Gasteiger partial charge in [-0.05, 0) is 12.8 Å². The van der Waals surface area contributed by atoms with Gasteiger partial charge in [0.05, 0.1) is 12.2 Å². The van der Waals surface area contributed by atoms with Gasteiger partial charge < -0.3 is 25.4 Å². The summed E-state index contributed by atoms with van der Waals surface area (Å²) in [5, 5.41) is 19.9. The van der Waals surface area contributed by atoms with Gasteiger partial charge in [0.15, 0.2) is 0 Å². The summed E-state index contributed by atoms with van der Waals surface area (Å²) in [4.78, 5) is 24.5. The molecular weight excluding hydrogens is 324 g/mol. The summed E-state index contributed by atoms with van der Waals surface area (Å²) < 4.78 is 5.29. The first-order valence-corrected chi connectivity index (χ1v) is 8.33. The molecule has 1 atom stereocenters. The fourth-order valence-corrected chi connectivity index (χ4v) is 3.31. The first-order chi connectivity index (χ1) is 12.0. The van der Waals surface area contributed by atoms with Crippen LogP contribution in [-0.2, 0) is 9.53 Å². The van der Waals surface area contributed by atoms with Crippen molar-refractivity contribution in [1.82, 2.24) is 14.9 Å². The monoisotopic (exact) mass is 346 g/mol. The maximum atomic E-state index is 13.0. The van der Waals surface area contributed by atoms with Crippen molar-refractivity contribution < 1.29 is 14.6 Å². The summed E-state index contributed by atoms with van der Waals surface area (Å²) in [6.07, 6.45) is 1.41. The third-order valence-electron chi connectivity index (χ3n) is 4.76. The normalized spacial score (nSPS) is 23.6. The summed E-state index contributed by atoms with van der Waals surface area (Å²) in [5.41, 5.74) is 4.65. The van der Waals surface area contributed by atoms with Gasteiger partial charge in [0.1, 0.15) is 23.4 Å². The predicted molar refractivity (Wildman–Crippen MR) is 89.3 cm³/mol. The van der Waals surface area contributed by atoms with E-state index in [0.717, 1.165) is 0 Å². The highest BCUT2D eigenvalue weighted by Crippen LogP contribution is 2.32. The number of hydrogen-bond donors (Lipinski definition) is 2. The van der Waals surface area contributed by atoms with Crippen LogP contribution < -0.4 is 10.6 Å². The van der Waals surface area contributed by atoms with Crippen LogP contribution in [-0.4, -0.2) is 71.4 Å². The zero-order chi connectivity index (χ0) is 17.9. The van der Waals surface area contributed by atoms with Crippen LogP contribution in [0.2, 0.25) is 0 Å². The second-order valence-corrected chi connectivity index (χ2v) is 6.46. The summed E-state index contributed by atoms with van der Waals surface area (Å²) >= 11 is 0. The van der Waals surface area contributed by atoms with E-state index in [-0.39, 0.29) is 12.5 Å². The zero-order valence-corrected chi connectivity index (χ0v) is 14.0. The van der Waals surface area contributed by atoms with Gasteiger partial charge in [-0.3, -0.25) is 4.79 Å². The van der Waals surface area contributed by atoms with E-state index in [2.05, 4.69) is 16.0 Å². The highest BCUT2D eigenvalue weighted by atomic mass is 16.5. The van der Waals surface area contributed by atoms with Crippen LogP contribution in [0, 0.1) is 16.7 Å². The molecule has 3 rings (SSSR count). The number of rotatable bonds is 2. The average Bonchev–Trinajstić information content (AvgIpc) is 2.83. The van der Waals surface area contributed by atoms with E-state index in [9.17, 15) is 15.2 Å². The molecule has 0 spiro atoms. The fourth-order valence-electron chi connectivity index (χ4n) is 3.31. The minimum absolute atomic E-state index is 0.195. The minimum Gasteiger partial charge on any atom is -0.389 e. The van der Waals surface area contributed by atoms with E-state index < -0.39 is 11.5 Å². The van der Waals surface area contributed by atoms with Crippen LogP contribution in [0.1, 0.15) is 12.8 Å². The second kappa shape index (κ2) is 7.21. The quantitative estimate of drug-likeness (QED) is 0.725. The van der Waals surface area contributed by atoms with Gasteiger partial charge in [-0.15, -0.1) is 0 Å². The molecule has 2 aliphatic rings. The van der Waals surface area contributed by atoms with Crippen LogP contribution in [0.5, 0.6) is 0 Å². The minimum atomic E-state index is -1.05. The maximum Gasteiger partial charge on any atom is 0.243 e. The van der Waals surface area contributed by atoms with Crippen molar-refractivity contribution in [1.29, 1.82) is 5.26 Å². The van der Waals surface area contributed by atoms with Crippen LogP contribution in [0.15, 0.2) is 12.4 Å². The Kier molecular flexibility index (Phi) is 5.01. The number of carbonyl (C=O) groups is 1. The third-order valence-corrected chi connectivity index (χ3v) is 4.76. The number of nitrogens with two attached hydrogens (primary N) is 1. The Morgan fingerprint density at radius 2 is 2.12 bits per heavy atom. The Morgan fingerprint density at radius 1 is 1.36 bits per heavy atom. The summed E-state index contributed by atoms with van der Waals surface area (Å²) in [6.45, 7) is 2.24. The van der Waals surface area contributed by atoms with Crippen molar-refractivity contribution in [2.45, 2.75) is 18.9 Å². The van der Waals surface area contributed by atoms with Crippen molar-refractivity contribution >= 4 is 17.5 Å². The van der Waals surface area contributed by atoms with Crippen molar-refractivity contribution in [2.75, 3.05) is 50.0 Å². The van der Waals surface area contributed by atoms with E-state index in [1.54, 1.807) is 11.0 Å². The van der Waals surface area contributed by atoms with E-state index >= 15 is 0 Å². The largest absolute Gasteiger partial charge is 0.389 e. The van der Waals surface area contributed by atoms with Gasteiger partial charge in [-0.1, -0.05) is 0 Å². The highest BCUT2D eigenvalue weighted by Gasteiger charge is 2.44. The lowest BCUT2D eigenvalue weighted by Gasteiger charge is -2.34. The molecule has 1 amide bonds. The van der Waals surface area contributed by atoms with E-state index in [1.165, 1.54) is 6.33 Å². The first kappa shape index (κ1) is 17.4. The smallest absolute Gasteiger partial charge is 0.243 e. The molecule has 1 unspecified atom stereocenters. The van der Waals surface area contributed by atoms with Gasteiger partial charge in [-0.25, -0.2) is 9.97 Å². The van der Waals surface area contributed by atoms with Crippen LogP contribution >= 0.6 is 0 Å². The zero-order valence-electron chi connectivity index (χ0n) is 14.0. The number of amides is 1. The summed E-state index contributed by atoms with van der Waals surface area (Å²) in [6, 6.07) is 3.83. The molecule has 1 aromatic rings. The van der Waals surface area contributed by atoms with Crippen molar-refractivity contribution in [2.24, 2.45) is 5.41 Å². The topological polar surface area (TPSA) is 129 Å². The van der Waals surface area contributed by atoms with Crippen molar-refractivity contribution in [3.8, 4) is 6.07 Å². The molecule has 9 nitrogen and oxygen atoms in total. The number of nitrogen functional groups attached to an aromatic ring is 1. The highest BCUT2D eigenvalue weighted by molar-refractivity contribution is 5.85. The van der Waals surface area contributed by atoms with E-state index in [1.807, 2.05) is 4.90 Å². The molecule has 1 aromatic heterocycles. The van der Waals surface area contributed by atoms with Gasteiger partial charge in [0, 0.05) is 45.5 Å². The molecule has 0 bridgehead atoms. The molecule has 0 aromatic carbocycles. The molecule has 0 saturated carbocycles. The number of anilines is 2.